The molecule has 2 N–H and O–H groups in total. The van der Waals surface area contributed by atoms with Crippen molar-refractivity contribution in [2.45, 2.75) is 26.3 Å². The Kier molecular flexibility index (Phi) is 3.21. The number of rotatable bonds is 3. The van der Waals surface area contributed by atoms with Crippen molar-refractivity contribution < 1.29 is 4.79 Å². The summed E-state index contributed by atoms with van der Waals surface area (Å²) in [4.78, 5) is 15.7. The molecule has 5 heteroatoms. The van der Waals surface area contributed by atoms with Crippen LogP contribution in [0.2, 0.25) is 0 Å². The zero-order valence-corrected chi connectivity index (χ0v) is 11.5. The van der Waals surface area contributed by atoms with Gasteiger partial charge < -0.3 is 10.6 Å². The zero-order valence-electron chi connectivity index (χ0n) is 10.7. The van der Waals surface area contributed by atoms with Crippen molar-refractivity contribution in [2.24, 2.45) is 0 Å². The predicted octanol–water partition coefficient (Wildman–Crippen LogP) is 2.95. The molecule has 0 radical (unpaired) electrons. The summed E-state index contributed by atoms with van der Waals surface area (Å²) in [5, 5.41) is 9.41. The number of aryl methyl sites for hydroxylation is 2. The number of aromatic nitrogens is 1. The summed E-state index contributed by atoms with van der Waals surface area (Å²) in [7, 11) is 0. The Morgan fingerprint density at radius 3 is 3.11 bits per heavy atom. The Morgan fingerprint density at radius 1 is 1.42 bits per heavy atom. The number of nitrogens with one attached hydrogen (secondary N) is 2. The Hall–Kier alpha value is -1.88. The standard InChI is InChI=1S/C14H15N3OS/c1-9-16-12(8-19-9)7-15-11-3-4-13-10(6-11)2-5-14(18)17-13/h3-4,6,8,15H,2,5,7H2,1H3,(H,17,18). The number of hydrogen-bond acceptors (Lipinski definition) is 4. The largest absolute Gasteiger partial charge is 0.379 e. The van der Waals surface area contributed by atoms with E-state index in [2.05, 4.69) is 27.1 Å². The summed E-state index contributed by atoms with van der Waals surface area (Å²) in [6.07, 6.45) is 1.38. The molecule has 0 unspecified atom stereocenters. The molecule has 2 heterocycles. The van der Waals surface area contributed by atoms with Gasteiger partial charge >= 0.3 is 0 Å². The van der Waals surface area contributed by atoms with Crippen molar-refractivity contribution in [1.82, 2.24) is 4.98 Å². The summed E-state index contributed by atoms with van der Waals surface area (Å²) in [6, 6.07) is 6.05. The van der Waals surface area contributed by atoms with Crippen LogP contribution in [0.5, 0.6) is 0 Å². The molecule has 1 aliphatic rings. The molecule has 98 valence electrons. The van der Waals surface area contributed by atoms with Crippen LogP contribution in [0.25, 0.3) is 0 Å². The number of carbonyl (C=O) groups is 1. The molecular weight excluding hydrogens is 258 g/mol. The fourth-order valence-corrected chi connectivity index (χ4v) is 2.79. The van der Waals surface area contributed by atoms with Crippen molar-refractivity contribution in [2.75, 3.05) is 10.6 Å². The van der Waals surface area contributed by atoms with Crippen molar-refractivity contribution in [3.8, 4) is 0 Å². The van der Waals surface area contributed by atoms with Crippen LogP contribution in [0, 0.1) is 6.92 Å². The molecule has 1 aromatic heterocycles. The molecule has 0 saturated carbocycles. The molecule has 0 bridgehead atoms. The summed E-state index contributed by atoms with van der Waals surface area (Å²) < 4.78 is 0. The SMILES string of the molecule is Cc1nc(CNc2ccc3c(c2)CCC(=O)N3)cs1. The van der Waals surface area contributed by atoms with Crippen molar-refractivity contribution >= 4 is 28.6 Å². The number of carbonyl (C=O) groups excluding carboxylic acids is 1. The van der Waals surface area contributed by atoms with Gasteiger partial charge in [0.15, 0.2) is 0 Å². The molecule has 0 fully saturated rings. The zero-order chi connectivity index (χ0) is 13.2. The maximum Gasteiger partial charge on any atom is 0.224 e. The maximum absolute atomic E-state index is 11.3. The highest BCUT2D eigenvalue weighted by Gasteiger charge is 2.14. The van der Waals surface area contributed by atoms with Crippen LogP contribution in [0.1, 0.15) is 22.7 Å². The molecule has 1 aromatic carbocycles. The second-order valence-corrected chi connectivity index (χ2v) is 5.69. The fourth-order valence-electron chi connectivity index (χ4n) is 2.18. The van der Waals surface area contributed by atoms with Crippen LogP contribution in [0.15, 0.2) is 23.6 Å². The topological polar surface area (TPSA) is 54.0 Å². The van der Waals surface area contributed by atoms with Crippen molar-refractivity contribution in [3.05, 3.63) is 39.8 Å². The fraction of sp³-hybridized carbons (Fsp3) is 0.286. The Labute approximate surface area is 115 Å². The third-order valence-corrected chi connectivity index (χ3v) is 3.96. The minimum atomic E-state index is 0.103. The first-order chi connectivity index (χ1) is 9.20. The Bertz CT molecular complexity index is 621. The normalized spacial score (nSPS) is 13.8. The second kappa shape index (κ2) is 5.01. The first-order valence-corrected chi connectivity index (χ1v) is 7.16. The van der Waals surface area contributed by atoms with Gasteiger partial charge in [0.25, 0.3) is 0 Å². The van der Waals surface area contributed by atoms with E-state index in [0.717, 1.165) is 35.0 Å². The highest BCUT2D eigenvalue weighted by molar-refractivity contribution is 7.09. The summed E-state index contributed by atoms with van der Waals surface area (Å²) in [6.45, 7) is 2.74. The number of nitrogens with zero attached hydrogens (tertiary/aromatic N) is 1. The van der Waals surface area contributed by atoms with Gasteiger partial charge in [-0.1, -0.05) is 0 Å². The molecular formula is C14H15N3OS. The quantitative estimate of drug-likeness (QED) is 0.904. The summed E-state index contributed by atoms with van der Waals surface area (Å²) >= 11 is 1.66. The van der Waals surface area contributed by atoms with Gasteiger partial charge in [-0.3, -0.25) is 4.79 Å². The van der Waals surface area contributed by atoms with E-state index in [1.54, 1.807) is 11.3 Å². The molecule has 0 saturated heterocycles. The van der Waals surface area contributed by atoms with E-state index in [1.165, 1.54) is 5.56 Å². The van der Waals surface area contributed by atoms with Crippen LogP contribution in [0.4, 0.5) is 11.4 Å². The average Bonchev–Trinajstić information content (AvgIpc) is 2.82. The first kappa shape index (κ1) is 12.2. The van der Waals surface area contributed by atoms with E-state index in [-0.39, 0.29) is 5.91 Å². The smallest absolute Gasteiger partial charge is 0.224 e. The lowest BCUT2D eigenvalue weighted by molar-refractivity contribution is -0.116. The van der Waals surface area contributed by atoms with E-state index >= 15 is 0 Å². The van der Waals surface area contributed by atoms with Crippen LogP contribution in [-0.4, -0.2) is 10.9 Å². The Balaban J connectivity index is 1.70. The average molecular weight is 273 g/mol. The number of thiazole rings is 1. The van der Waals surface area contributed by atoms with Gasteiger partial charge in [0.1, 0.15) is 0 Å². The maximum atomic E-state index is 11.3. The van der Waals surface area contributed by atoms with Gasteiger partial charge in [0.05, 0.1) is 17.2 Å². The van der Waals surface area contributed by atoms with Crippen molar-refractivity contribution in [1.29, 1.82) is 0 Å². The first-order valence-electron chi connectivity index (χ1n) is 6.28. The lowest BCUT2D eigenvalue weighted by Crippen LogP contribution is -2.18. The van der Waals surface area contributed by atoms with Gasteiger partial charge in [-0.15, -0.1) is 11.3 Å². The molecule has 0 aliphatic carbocycles. The second-order valence-electron chi connectivity index (χ2n) is 4.63. The third-order valence-electron chi connectivity index (χ3n) is 3.14. The van der Waals surface area contributed by atoms with Crippen LogP contribution >= 0.6 is 11.3 Å². The van der Waals surface area contributed by atoms with E-state index in [4.69, 9.17) is 0 Å². The number of fused-ring (bicyclic) bond motifs is 1. The van der Waals surface area contributed by atoms with Gasteiger partial charge in [-0.25, -0.2) is 4.98 Å². The number of benzene rings is 1. The molecule has 19 heavy (non-hydrogen) atoms. The van der Waals surface area contributed by atoms with E-state index in [1.807, 2.05) is 19.1 Å². The van der Waals surface area contributed by atoms with Gasteiger partial charge in [-0.2, -0.15) is 0 Å². The van der Waals surface area contributed by atoms with Gasteiger partial charge in [-0.05, 0) is 37.1 Å². The third kappa shape index (κ3) is 2.76. The minimum Gasteiger partial charge on any atom is -0.379 e. The number of hydrogen-bond donors (Lipinski definition) is 2. The Morgan fingerprint density at radius 2 is 2.32 bits per heavy atom. The van der Waals surface area contributed by atoms with Crippen LogP contribution < -0.4 is 10.6 Å². The van der Waals surface area contributed by atoms with Gasteiger partial charge in [0.2, 0.25) is 5.91 Å². The lowest BCUT2D eigenvalue weighted by atomic mass is 10.0. The molecule has 2 aromatic rings. The predicted molar refractivity (Wildman–Crippen MR) is 77.6 cm³/mol. The highest BCUT2D eigenvalue weighted by Crippen LogP contribution is 2.25. The molecule has 4 nitrogen and oxygen atoms in total. The summed E-state index contributed by atoms with van der Waals surface area (Å²) in [5.74, 6) is 0.103. The van der Waals surface area contributed by atoms with E-state index in [0.29, 0.717) is 6.42 Å². The summed E-state index contributed by atoms with van der Waals surface area (Å²) in [5.41, 5.74) is 4.26. The highest BCUT2D eigenvalue weighted by atomic mass is 32.1. The molecule has 3 rings (SSSR count). The number of amides is 1. The molecule has 0 atom stereocenters. The number of anilines is 2. The van der Waals surface area contributed by atoms with E-state index < -0.39 is 0 Å². The molecule has 1 aliphatic heterocycles. The van der Waals surface area contributed by atoms with Gasteiger partial charge in [0, 0.05) is 23.2 Å². The minimum absolute atomic E-state index is 0.103. The van der Waals surface area contributed by atoms with Crippen LogP contribution in [0.3, 0.4) is 0 Å². The van der Waals surface area contributed by atoms with Crippen molar-refractivity contribution in [3.63, 3.8) is 0 Å². The van der Waals surface area contributed by atoms with E-state index in [9.17, 15) is 4.79 Å². The molecule has 0 spiro atoms. The lowest BCUT2D eigenvalue weighted by Gasteiger charge is -2.17. The van der Waals surface area contributed by atoms with Crippen LogP contribution in [-0.2, 0) is 17.8 Å². The monoisotopic (exact) mass is 273 g/mol. The molecule has 1 amide bonds.